The zero-order valence-electron chi connectivity index (χ0n) is 16.7. The highest BCUT2D eigenvalue weighted by Crippen LogP contribution is 2.30. The molecule has 0 radical (unpaired) electrons. The predicted molar refractivity (Wildman–Crippen MR) is 106 cm³/mol. The van der Waals surface area contributed by atoms with E-state index in [1.165, 1.54) is 5.56 Å². The summed E-state index contributed by atoms with van der Waals surface area (Å²) in [5.41, 5.74) is 1.33. The Bertz CT molecular complexity index is 887. The number of carboxylic acids is 1. The topological polar surface area (TPSA) is 96.7 Å². The fraction of sp³-hybridized carbons (Fsp3) is 0.526. The maximum atomic E-state index is 12.5. The molecule has 4 rings (SSSR count). The lowest BCUT2D eigenvalue weighted by molar-refractivity contribution is -0.192. The maximum Gasteiger partial charge on any atom is 0.490 e. The van der Waals surface area contributed by atoms with Crippen LogP contribution in [0.3, 0.4) is 0 Å². The molecule has 2 aromatic rings. The van der Waals surface area contributed by atoms with Crippen molar-refractivity contribution in [2.24, 2.45) is 7.05 Å². The number of aromatic nitrogens is 2. The van der Waals surface area contributed by atoms with Crippen molar-refractivity contribution in [1.29, 1.82) is 0 Å². The average Bonchev–Trinajstić information content (AvgIpc) is 3.44. The van der Waals surface area contributed by atoms with E-state index in [4.69, 9.17) is 14.6 Å². The first-order valence-electron chi connectivity index (χ1n) is 9.62. The number of thiophene rings is 1. The summed E-state index contributed by atoms with van der Waals surface area (Å²) in [6.45, 7) is 2.52. The Morgan fingerprint density at radius 1 is 1.42 bits per heavy atom. The number of alkyl halides is 3. The van der Waals surface area contributed by atoms with Crippen LogP contribution in [-0.2, 0) is 23.1 Å². The SMILES string of the molecule is Cn1ccnc1C(=O)N[C@H]1CN(Cc2ccsc2)[C@@H]2CCCO[C@H]12.O=C(O)C(F)(F)F. The molecule has 0 aliphatic carbocycles. The molecule has 0 saturated carbocycles. The van der Waals surface area contributed by atoms with Gasteiger partial charge in [0.2, 0.25) is 0 Å². The van der Waals surface area contributed by atoms with E-state index in [1.54, 1.807) is 28.3 Å². The lowest BCUT2D eigenvalue weighted by Crippen LogP contribution is -2.48. The minimum absolute atomic E-state index is 0.0122. The van der Waals surface area contributed by atoms with Crippen molar-refractivity contribution in [2.75, 3.05) is 13.2 Å². The summed E-state index contributed by atoms with van der Waals surface area (Å²) in [7, 11) is 1.83. The zero-order chi connectivity index (χ0) is 22.6. The molecule has 0 bridgehead atoms. The third kappa shape index (κ3) is 5.83. The molecule has 0 spiro atoms. The minimum Gasteiger partial charge on any atom is -0.475 e. The number of hydrogen-bond acceptors (Lipinski definition) is 6. The Hall–Kier alpha value is -2.44. The number of nitrogens with one attached hydrogen (secondary N) is 1. The quantitative estimate of drug-likeness (QED) is 0.727. The van der Waals surface area contributed by atoms with Crippen LogP contribution in [0.25, 0.3) is 0 Å². The zero-order valence-corrected chi connectivity index (χ0v) is 17.5. The fourth-order valence-electron chi connectivity index (χ4n) is 3.80. The number of ether oxygens (including phenoxy) is 1. The normalized spacial score (nSPS) is 23.5. The van der Waals surface area contributed by atoms with Crippen LogP contribution in [-0.4, -0.2) is 68.9 Å². The highest BCUT2D eigenvalue weighted by molar-refractivity contribution is 7.07. The van der Waals surface area contributed by atoms with E-state index < -0.39 is 12.1 Å². The van der Waals surface area contributed by atoms with Gasteiger partial charge < -0.3 is 19.7 Å². The molecule has 0 unspecified atom stereocenters. The number of nitrogens with zero attached hydrogens (tertiary/aromatic N) is 3. The van der Waals surface area contributed by atoms with Crippen molar-refractivity contribution >= 4 is 23.2 Å². The lowest BCUT2D eigenvalue weighted by Gasteiger charge is -2.32. The molecule has 2 saturated heterocycles. The van der Waals surface area contributed by atoms with Crippen molar-refractivity contribution in [3.05, 3.63) is 40.6 Å². The van der Waals surface area contributed by atoms with Gasteiger partial charge in [-0.05, 0) is 35.2 Å². The number of carbonyl (C=O) groups excluding carboxylic acids is 1. The number of imidazole rings is 1. The van der Waals surface area contributed by atoms with Gasteiger partial charge in [0.1, 0.15) is 0 Å². The Morgan fingerprint density at radius 3 is 2.74 bits per heavy atom. The Balaban J connectivity index is 0.000000339. The molecule has 3 atom stereocenters. The van der Waals surface area contributed by atoms with E-state index in [-0.39, 0.29) is 18.1 Å². The lowest BCUT2D eigenvalue weighted by atomic mass is 10.0. The van der Waals surface area contributed by atoms with Gasteiger partial charge in [-0.15, -0.1) is 0 Å². The van der Waals surface area contributed by atoms with E-state index in [2.05, 4.69) is 32.0 Å². The molecule has 2 fully saturated rings. The van der Waals surface area contributed by atoms with Crippen LogP contribution in [0.1, 0.15) is 29.0 Å². The van der Waals surface area contributed by atoms with Gasteiger partial charge in [-0.1, -0.05) is 0 Å². The average molecular weight is 460 g/mol. The van der Waals surface area contributed by atoms with Gasteiger partial charge in [-0.25, -0.2) is 9.78 Å². The molecule has 2 aliphatic rings. The predicted octanol–water partition coefficient (Wildman–Crippen LogP) is 2.28. The van der Waals surface area contributed by atoms with E-state index in [1.807, 2.05) is 7.05 Å². The summed E-state index contributed by atoms with van der Waals surface area (Å²) >= 11 is 1.72. The summed E-state index contributed by atoms with van der Waals surface area (Å²) in [5.74, 6) is -2.44. The molecule has 170 valence electrons. The molecule has 8 nitrogen and oxygen atoms in total. The standard InChI is InChI=1S/C17H22N4O2S.C2HF3O2/c1-20-6-5-18-16(20)17(22)19-13-10-21(9-12-4-8-24-11-12)14-3-2-7-23-15(13)14;3-2(4,5)1(6)7/h4-6,8,11,13-15H,2-3,7,9-10H2,1H3,(H,19,22);(H,6,7)/t13-,14+,15+;/m0./s1. The van der Waals surface area contributed by atoms with Crippen molar-refractivity contribution in [1.82, 2.24) is 19.8 Å². The van der Waals surface area contributed by atoms with Crippen LogP contribution in [0.4, 0.5) is 13.2 Å². The highest BCUT2D eigenvalue weighted by Gasteiger charge is 2.44. The molecular weight excluding hydrogens is 437 g/mol. The summed E-state index contributed by atoms with van der Waals surface area (Å²) < 4.78 is 39.5. The van der Waals surface area contributed by atoms with Crippen LogP contribution < -0.4 is 5.32 Å². The van der Waals surface area contributed by atoms with Gasteiger partial charge in [0.25, 0.3) is 5.91 Å². The van der Waals surface area contributed by atoms with Crippen molar-refractivity contribution in [3.8, 4) is 0 Å². The molecule has 4 heterocycles. The molecule has 2 aliphatic heterocycles. The number of hydrogen-bond donors (Lipinski definition) is 2. The van der Waals surface area contributed by atoms with E-state index in [0.29, 0.717) is 11.9 Å². The van der Waals surface area contributed by atoms with Gasteiger partial charge in [0.05, 0.1) is 12.1 Å². The summed E-state index contributed by atoms with van der Waals surface area (Å²) in [4.78, 5) is 28.0. The number of aliphatic carboxylic acids is 1. The number of halogens is 3. The Kier molecular flexibility index (Phi) is 7.34. The molecule has 1 amide bonds. The monoisotopic (exact) mass is 460 g/mol. The molecule has 2 N–H and O–H groups in total. The summed E-state index contributed by atoms with van der Waals surface area (Å²) in [6, 6.07) is 2.56. The Labute approximate surface area is 180 Å². The van der Waals surface area contributed by atoms with Gasteiger partial charge >= 0.3 is 12.1 Å². The second kappa shape index (κ2) is 9.79. The molecular formula is C19H23F3N4O4S. The minimum atomic E-state index is -5.08. The van der Waals surface area contributed by atoms with Crippen molar-refractivity contribution < 1.29 is 32.6 Å². The number of likely N-dealkylation sites (tertiary alicyclic amines) is 1. The van der Waals surface area contributed by atoms with Gasteiger partial charge in [-0.2, -0.15) is 24.5 Å². The van der Waals surface area contributed by atoms with E-state index in [0.717, 1.165) is 32.5 Å². The number of aryl methyl sites for hydroxylation is 1. The number of amides is 1. The maximum absolute atomic E-state index is 12.5. The molecule has 12 heteroatoms. The highest BCUT2D eigenvalue weighted by atomic mass is 32.1. The van der Waals surface area contributed by atoms with Crippen LogP contribution >= 0.6 is 11.3 Å². The van der Waals surface area contributed by atoms with Crippen LogP contribution in [0.2, 0.25) is 0 Å². The smallest absolute Gasteiger partial charge is 0.475 e. The number of rotatable bonds is 4. The van der Waals surface area contributed by atoms with Crippen molar-refractivity contribution in [3.63, 3.8) is 0 Å². The Morgan fingerprint density at radius 2 is 2.16 bits per heavy atom. The first-order valence-corrected chi connectivity index (χ1v) is 10.6. The first kappa shape index (κ1) is 23.2. The van der Waals surface area contributed by atoms with Crippen LogP contribution in [0.15, 0.2) is 29.2 Å². The summed E-state index contributed by atoms with van der Waals surface area (Å²) in [6.07, 6.45) is 0.630. The van der Waals surface area contributed by atoms with Gasteiger partial charge in [0, 0.05) is 45.2 Å². The number of carbonyl (C=O) groups is 2. The molecule has 0 aromatic carbocycles. The van der Waals surface area contributed by atoms with Crippen molar-refractivity contribution in [2.45, 2.75) is 43.8 Å². The largest absolute Gasteiger partial charge is 0.490 e. The molecule has 31 heavy (non-hydrogen) atoms. The van der Waals surface area contributed by atoms with Crippen LogP contribution in [0, 0.1) is 0 Å². The van der Waals surface area contributed by atoms with Crippen LogP contribution in [0.5, 0.6) is 0 Å². The van der Waals surface area contributed by atoms with Gasteiger partial charge in [-0.3, -0.25) is 9.69 Å². The van der Waals surface area contributed by atoms with E-state index >= 15 is 0 Å². The fourth-order valence-corrected chi connectivity index (χ4v) is 4.46. The third-order valence-corrected chi connectivity index (χ3v) is 5.91. The molecule has 2 aromatic heterocycles. The number of fused-ring (bicyclic) bond motifs is 1. The second-order valence-corrected chi connectivity index (χ2v) is 8.13. The second-order valence-electron chi connectivity index (χ2n) is 7.35. The van der Waals surface area contributed by atoms with Gasteiger partial charge in [0.15, 0.2) is 5.82 Å². The number of carboxylic acid groups (broad SMARTS) is 1. The first-order chi connectivity index (χ1) is 14.7. The summed E-state index contributed by atoms with van der Waals surface area (Å²) in [5, 5.41) is 14.6. The third-order valence-electron chi connectivity index (χ3n) is 5.18. The van der Waals surface area contributed by atoms with E-state index in [9.17, 15) is 18.0 Å².